The molecular weight excluding hydrogens is 210 g/mol. The Morgan fingerprint density at radius 2 is 2.00 bits per heavy atom. The van der Waals surface area contributed by atoms with Gasteiger partial charge in [-0.05, 0) is 25.3 Å². The lowest BCUT2D eigenvalue weighted by atomic mass is 9.61. The lowest BCUT2D eigenvalue weighted by Gasteiger charge is -2.46. The number of benzene rings is 1. The lowest BCUT2D eigenvalue weighted by Crippen LogP contribution is -2.46. The van der Waals surface area contributed by atoms with Crippen LogP contribution in [0.2, 0.25) is 0 Å². The molecule has 0 amide bonds. The van der Waals surface area contributed by atoms with Crippen molar-refractivity contribution in [2.45, 2.75) is 45.6 Å². The molecule has 1 heterocycles. The van der Waals surface area contributed by atoms with Crippen LogP contribution in [0.4, 0.5) is 0 Å². The van der Waals surface area contributed by atoms with Gasteiger partial charge in [-0.1, -0.05) is 43.3 Å². The molecule has 2 nitrogen and oxygen atoms in total. The number of hydrogen-bond donors (Lipinski definition) is 0. The van der Waals surface area contributed by atoms with Gasteiger partial charge in [0.05, 0.1) is 5.71 Å². The van der Waals surface area contributed by atoms with Crippen molar-refractivity contribution in [1.29, 1.82) is 0 Å². The topological polar surface area (TPSA) is 21.6 Å². The zero-order chi connectivity index (χ0) is 12.1. The van der Waals surface area contributed by atoms with Gasteiger partial charge in [0.1, 0.15) is 0 Å². The Hall–Kier alpha value is -1.31. The van der Waals surface area contributed by atoms with Gasteiger partial charge in [0.2, 0.25) is 0 Å². The summed E-state index contributed by atoms with van der Waals surface area (Å²) in [5, 5.41) is 4.22. The Bertz CT molecular complexity index is 489. The van der Waals surface area contributed by atoms with Crippen LogP contribution in [-0.4, -0.2) is 5.71 Å². The van der Waals surface area contributed by atoms with Crippen molar-refractivity contribution < 1.29 is 4.84 Å². The van der Waals surface area contributed by atoms with Gasteiger partial charge in [-0.2, -0.15) is 0 Å². The minimum Gasteiger partial charge on any atom is -0.383 e. The van der Waals surface area contributed by atoms with Crippen molar-refractivity contribution in [3.05, 3.63) is 35.4 Å². The molecule has 1 aliphatic carbocycles. The molecule has 1 spiro atoms. The van der Waals surface area contributed by atoms with Crippen molar-refractivity contribution in [3.63, 3.8) is 0 Å². The molecule has 1 atom stereocenters. The van der Waals surface area contributed by atoms with Crippen LogP contribution in [0.25, 0.3) is 0 Å². The predicted molar refractivity (Wildman–Crippen MR) is 69.0 cm³/mol. The smallest absolute Gasteiger partial charge is 0.173 e. The first-order chi connectivity index (χ1) is 8.05. The second-order valence-corrected chi connectivity index (χ2v) is 5.96. The van der Waals surface area contributed by atoms with Gasteiger partial charge >= 0.3 is 0 Å². The Balaban J connectivity index is 2.17. The minimum absolute atomic E-state index is 0.141. The Morgan fingerprint density at radius 3 is 2.71 bits per heavy atom. The van der Waals surface area contributed by atoms with E-state index in [9.17, 15) is 0 Å². The fourth-order valence-corrected chi connectivity index (χ4v) is 3.23. The summed E-state index contributed by atoms with van der Waals surface area (Å²) < 4.78 is 0. The molecule has 0 fully saturated rings. The van der Waals surface area contributed by atoms with Gasteiger partial charge < -0.3 is 4.84 Å². The SMILES string of the molecule is CC1=NO[C@]2(C1)c1ccccc1CCC2(C)C. The quantitative estimate of drug-likeness (QED) is 0.665. The second kappa shape index (κ2) is 3.34. The van der Waals surface area contributed by atoms with Gasteiger partial charge in [0.15, 0.2) is 5.60 Å². The number of oxime groups is 1. The zero-order valence-corrected chi connectivity index (χ0v) is 10.8. The minimum atomic E-state index is -0.230. The summed E-state index contributed by atoms with van der Waals surface area (Å²) in [6.45, 7) is 6.66. The first-order valence-corrected chi connectivity index (χ1v) is 6.35. The number of nitrogens with zero attached hydrogens (tertiary/aromatic N) is 1. The summed E-state index contributed by atoms with van der Waals surface area (Å²) in [6.07, 6.45) is 3.23. The summed E-state index contributed by atoms with van der Waals surface area (Å²) in [4.78, 5) is 5.92. The normalized spacial score (nSPS) is 29.7. The third kappa shape index (κ3) is 1.36. The van der Waals surface area contributed by atoms with Crippen LogP contribution in [0.3, 0.4) is 0 Å². The molecule has 0 radical (unpaired) electrons. The van der Waals surface area contributed by atoms with Crippen molar-refractivity contribution >= 4 is 5.71 Å². The predicted octanol–water partition coefficient (Wildman–Crippen LogP) is 3.65. The van der Waals surface area contributed by atoms with E-state index >= 15 is 0 Å². The highest BCUT2D eigenvalue weighted by Crippen LogP contribution is 2.54. The van der Waals surface area contributed by atoms with Gasteiger partial charge in [-0.15, -0.1) is 0 Å². The van der Waals surface area contributed by atoms with E-state index in [0.29, 0.717) is 0 Å². The van der Waals surface area contributed by atoms with Crippen molar-refractivity contribution in [3.8, 4) is 0 Å². The Kier molecular flexibility index (Phi) is 2.13. The van der Waals surface area contributed by atoms with E-state index in [2.05, 4.69) is 50.2 Å². The summed E-state index contributed by atoms with van der Waals surface area (Å²) in [6, 6.07) is 8.67. The third-order valence-electron chi connectivity index (χ3n) is 4.43. The van der Waals surface area contributed by atoms with E-state index in [4.69, 9.17) is 4.84 Å². The Morgan fingerprint density at radius 1 is 1.24 bits per heavy atom. The molecule has 2 aliphatic rings. The highest BCUT2D eigenvalue weighted by molar-refractivity contribution is 5.84. The molecule has 1 aliphatic heterocycles. The molecule has 0 aromatic heterocycles. The summed E-state index contributed by atoms with van der Waals surface area (Å²) in [5.41, 5.74) is 3.79. The molecule has 1 aromatic rings. The molecule has 1 aromatic carbocycles. The van der Waals surface area contributed by atoms with Crippen molar-refractivity contribution in [1.82, 2.24) is 0 Å². The fraction of sp³-hybridized carbons (Fsp3) is 0.533. The van der Waals surface area contributed by atoms with Crippen molar-refractivity contribution in [2.24, 2.45) is 10.6 Å². The first kappa shape index (κ1) is 10.8. The van der Waals surface area contributed by atoms with Crippen LogP contribution < -0.4 is 0 Å². The summed E-state index contributed by atoms with van der Waals surface area (Å²) >= 11 is 0. The highest BCUT2D eigenvalue weighted by atomic mass is 16.7. The van der Waals surface area contributed by atoms with Crippen LogP contribution in [0.5, 0.6) is 0 Å². The van der Waals surface area contributed by atoms with E-state index in [-0.39, 0.29) is 11.0 Å². The summed E-state index contributed by atoms with van der Waals surface area (Å²) in [5.74, 6) is 0. The maximum atomic E-state index is 5.92. The molecule has 0 N–H and O–H groups in total. The van der Waals surface area contributed by atoms with Gasteiger partial charge in [0, 0.05) is 17.4 Å². The standard InChI is InChI=1S/C15H19NO/c1-11-10-15(17-16-11)13-7-5-4-6-12(13)8-9-14(15,2)3/h4-7H,8-10H2,1-3H3/t15-/m1/s1. The zero-order valence-electron chi connectivity index (χ0n) is 10.8. The van der Waals surface area contributed by atoms with Crippen LogP contribution >= 0.6 is 0 Å². The van der Waals surface area contributed by atoms with Gasteiger partial charge in [-0.3, -0.25) is 0 Å². The molecule has 90 valence electrons. The van der Waals surface area contributed by atoms with Crippen LogP contribution in [-0.2, 0) is 16.9 Å². The first-order valence-electron chi connectivity index (χ1n) is 6.35. The van der Waals surface area contributed by atoms with Gasteiger partial charge in [-0.25, -0.2) is 0 Å². The average Bonchev–Trinajstić information content (AvgIpc) is 2.69. The van der Waals surface area contributed by atoms with E-state index in [0.717, 1.165) is 25.0 Å². The molecule has 2 heteroatoms. The second-order valence-electron chi connectivity index (χ2n) is 5.96. The molecule has 0 saturated heterocycles. The van der Waals surface area contributed by atoms with Crippen LogP contribution in [0.1, 0.15) is 44.7 Å². The number of aryl methyl sites for hydroxylation is 1. The Labute approximate surface area is 103 Å². The molecule has 0 unspecified atom stereocenters. The molecule has 3 rings (SSSR count). The fourth-order valence-electron chi connectivity index (χ4n) is 3.23. The summed E-state index contributed by atoms with van der Waals surface area (Å²) in [7, 11) is 0. The average molecular weight is 229 g/mol. The van der Waals surface area contributed by atoms with Crippen LogP contribution in [0.15, 0.2) is 29.4 Å². The molecular formula is C15H19NO. The number of fused-ring (bicyclic) bond motifs is 2. The van der Waals surface area contributed by atoms with E-state index in [1.54, 1.807) is 0 Å². The van der Waals surface area contributed by atoms with Crippen LogP contribution in [0, 0.1) is 5.41 Å². The van der Waals surface area contributed by atoms with Gasteiger partial charge in [0.25, 0.3) is 0 Å². The molecule has 0 bridgehead atoms. The number of rotatable bonds is 0. The number of hydrogen-bond acceptors (Lipinski definition) is 2. The third-order valence-corrected chi connectivity index (χ3v) is 4.43. The largest absolute Gasteiger partial charge is 0.383 e. The van der Waals surface area contributed by atoms with E-state index < -0.39 is 0 Å². The monoisotopic (exact) mass is 229 g/mol. The molecule has 17 heavy (non-hydrogen) atoms. The highest BCUT2D eigenvalue weighted by Gasteiger charge is 2.54. The van der Waals surface area contributed by atoms with E-state index in [1.165, 1.54) is 11.1 Å². The lowest BCUT2D eigenvalue weighted by molar-refractivity contribution is -0.119. The maximum Gasteiger partial charge on any atom is 0.173 e. The van der Waals surface area contributed by atoms with E-state index in [1.807, 2.05) is 0 Å². The van der Waals surface area contributed by atoms with Crippen molar-refractivity contribution in [2.75, 3.05) is 0 Å². The molecule has 0 saturated carbocycles. The maximum absolute atomic E-state index is 5.92.